The summed E-state index contributed by atoms with van der Waals surface area (Å²) in [6, 6.07) is 7.56. The number of nitrogens with one attached hydrogen (secondary N) is 1. The van der Waals surface area contributed by atoms with E-state index in [-0.39, 0.29) is 12.5 Å². The van der Waals surface area contributed by atoms with Gasteiger partial charge < -0.3 is 14.8 Å². The third kappa shape index (κ3) is 3.31. The Balaban J connectivity index is 1.35. The fourth-order valence-corrected chi connectivity index (χ4v) is 3.29. The molecule has 1 N–H and O–H groups in total. The van der Waals surface area contributed by atoms with E-state index < -0.39 is 5.60 Å². The molecule has 7 nitrogen and oxygen atoms in total. The Bertz CT molecular complexity index is 788. The van der Waals surface area contributed by atoms with Crippen LogP contribution >= 0.6 is 0 Å². The Morgan fingerprint density at radius 1 is 1.28 bits per heavy atom. The Morgan fingerprint density at radius 2 is 2.08 bits per heavy atom. The molecule has 25 heavy (non-hydrogen) atoms. The smallest absolute Gasteiger partial charge is 0.241 e. The summed E-state index contributed by atoms with van der Waals surface area (Å²) in [7, 11) is 0. The van der Waals surface area contributed by atoms with Gasteiger partial charge in [-0.25, -0.2) is 4.68 Å². The zero-order valence-corrected chi connectivity index (χ0v) is 14.3. The number of hydrogen-bond acceptors (Lipinski definition) is 5. The third-order valence-corrected chi connectivity index (χ3v) is 4.69. The summed E-state index contributed by atoms with van der Waals surface area (Å²) in [5, 5.41) is 11.3. The molecule has 0 saturated carbocycles. The minimum atomic E-state index is -0.591. The van der Waals surface area contributed by atoms with Crippen molar-refractivity contribution in [3.63, 3.8) is 0 Å². The fraction of sp³-hybridized carbons (Fsp3) is 0.500. The van der Waals surface area contributed by atoms with Crippen molar-refractivity contribution in [1.29, 1.82) is 0 Å². The van der Waals surface area contributed by atoms with Crippen LogP contribution in [0.2, 0.25) is 0 Å². The summed E-state index contributed by atoms with van der Waals surface area (Å²) in [4.78, 5) is 12.3. The highest BCUT2D eigenvalue weighted by molar-refractivity contribution is 5.75. The van der Waals surface area contributed by atoms with Gasteiger partial charge in [-0.15, -0.1) is 5.10 Å². The molecule has 0 spiro atoms. The zero-order valence-electron chi connectivity index (χ0n) is 14.3. The molecule has 1 amide bonds. The van der Waals surface area contributed by atoms with Gasteiger partial charge in [-0.2, -0.15) is 0 Å². The highest BCUT2D eigenvalue weighted by atomic mass is 16.6. The van der Waals surface area contributed by atoms with Crippen LogP contribution in [0.3, 0.4) is 0 Å². The van der Waals surface area contributed by atoms with Crippen molar-refractivity contribution in [3.8, 4) is 11.5 Å². The molecule has 4 rings (SSSR count). The Hall–Kier alpha value is -2.57. The second-order valence-electron chi connectivity index (χ2n) is 6.91. The van der Waals surface area contributed by atoms with Gasteiger partial charge in [0.05, 0.1) is 17.9 Å². The van der Waals surface area contributed by atoms with Crippen LogP contribution in [-0.4, -0.2) is 39.7 Å². The van der Waals surface area contributed by atoms with E-state index >= 15 is 0 Å². The van der Waals surface area contributed by atoms with E-state index in [1.54, 1.807) is 4.68 Å². The number of benzene rings is 1. The molecule has 0 radical (unpaired) electrons. The molecule has 2 heterocycles. The van der Waals surface area contributed by atoms with Crippen LogP contribution in [0.5, 0.6) is 11.5 Å². The fourth-order valence-electron chi connectivity index (χ4n) is 3.29. The molecule has 1 unspecified atom stereocenters. The number of aromatic nitrogens is 3. The standard InChI is InChI=1S/C18H22N4O3/c1-18(12-24-15-8-4-5-9-16(15)25-18)11-19-17(23)10-22-14-7-3-2-6-13(14)20-21-22/h4-5,8-9H,2-3,6-7,10-12H2,1H3,(H,19,23). The number of para-hydroxylation sites is 2. The molecular weight excluding hydrogens is 320 g/mol. The summed E-state index contributed by atoms with van der Waals surface area (Å²) in [5.74, 6) is 1.35. The number of rotatable bonds is 4. The molecule has 1 aromatic carbocycles. The lowest BCUT2D eigenvalue weighted by Gasteiger charge is -2.35. The van der Waals surface area contributed by atoms with Crippen molar-refractivity contribution in [2.45, 2.75) is 44.8 Å². The maximum atomic E-state index is 12.3. The number of amides is 1. The number of fused-ring (bicyclic) bond motifs is 2. The van der Waals surface area contributed by atoms with Crippen LogP contribution in [0.4, 0.5) is 0 Å². The van der Waals surface area contributed by atoms with Crippen molar-refractivity contribution >= 4 is 5.91 Å². The maximum absolute atomic E-state index is 12.3. The first-order valence-electron chi connectivity index (χ1n) is 8.72. The van der Waals surface area contributed by atoms with Crippen LogP contribution in [0.1, 0.15) is 31.2 Å². The first-order chi connectivity index (χ1) is 12.1. The monoisotopic (exact) mass is 342 g/mol. The van der Waals surface area contributed by atoms with E-state index in [0.29, 0.717) is 18.9 Å². The minimum absolute atomic E-state index is 0.0954. The molecule has 2 aromatic rings. The summed E-state index contributed by atoms with van der Waals surface area (Å²) in [5.41, 5.74) is 1.54. The highest BCUT2D eigenvalue weighted by Crippen LogP contribution is 2.34. The average molecular weight is 342 g/mol. The van der Waals surface area contributed by atoms with Gasteiger partial charge in [0.25, 0.3) is 0 Å². The molecule has 0 bridgehead atoms. The number of aryl methyl sites for hydroxylation is 1. The molecule has 0 fully saturated rings. The normalized spacial score (nSPS) is 21.5. The first kappa shape index (κ1) is 15.9. The lowest BCUT2D eigenvalue weighted by molar-refractivity contribution is -0.123. The Kier molecular flexibility index (Phi) is 4.07. The quantitative estimate of drug-likeness (QED) is 0.911. The van der Waals surface area contributed by atoms with Gasteiger partial charge in [0.15, 0.2) is 17.1 Å². The molecule has 1 atom stereocenters. The van der Waals surface area contributed by atoms with E-state index in [2.05, 4.69) is 15.6 Å². The van der Waals surface area contributed by atoms with Gasteiger partial charge in [0, 0.05) is 0 Å². The van der Waals surface area contributed by atoms with E-state index in [0.717, 1.165) is 42.8 Å². The van der Waals surface area contributed by atoms with Gasteiger partial charge >= 0.3 is 0 Å². The van der Waals surface area contributed by atoms with E-state index in [9.17, 15) is 4.79 Å². The SMILES string of the molecule is CC1(CNC(=O)Cn2nnc3c2CCCC3)COc2ccccc2O1. The lowest BCUT2D eigenvalue weighted by atomic mass is 10.0. The van der Waals surface area contributed by atoms with Gasteiger partial charge in [0.2, 0.25) is 5.91 Å². The summed E-state index contributed by atoms with van der Waals surface area (Å²) < 4.78 is 13.5. The van der Waals surface area contributed by atoms with Crippen molar-refractivity contribution in [2.75, 3.05) is 13.2 Å². The molecule has 132 valence electrons. The largest absolute Gasteiger partial charge is 0.485 e. The number of nitrogens with zero attached hydrogens (tertiary/aromatic N) is 3. The predicted molar refractivity (Wildman–Crippen MR) is 90.6 cm³/mol. The topological polar surface area (TPSA) is 78.3 Å². The molecule has 1 aliphatic heterocycles. The minimum Gasteiger partial charge on any atom is -0.485 e. The van der Waals surface area contributed by atoms with Gasteiger partial charge in [-0.05, 0) is 44.7 Å². The molecule has 2 aliphatic rings. The number of carbonyl (C=O) groups is 1. The van der Waals surface area contributed by atoms with Crippen LogP contribution in [0.15, 0.2) is 24.3 Å². The summed E-state index contributed by atoms with van der Waals surface area (Å²) in [6.07, 6.45) is 4.18. The first-order valence-corrected chi connectivity index (χ1v) is 8.72. The highest BCUT2D eigenvalue weighted by Gasteiger charge is 2.33. The molecule has 0 saturated heterocycles. The van der Waals surface area contributed by atoms with Crippen molar-refractivity contribution in [3.05, 3.63) is 35.7 Å². The summed E-state index contributed by atoms with van der Waals surface area (Å²) >= 11 is 0. The maximum Gasteiger partial charge on any atom is 0.241 e. The average Bonchev–Trinajstić information content (AvgIpc) is 3.03. The molecular formula is C18H22N4O3. The van der Waals surface area contributed by atoms with Crippen molar-refractivity contribution < 1.29 is 14.3 Å². The van der Waals surface area contributed by atoms with Crippen molar-refractivity contribution in [1.82, 2.24) is 20.3 Å². The second kappa shape index (κ2) is 6.38. The second-order valence-corrected chi connectivity index (χ2v) is 6.91. The van der Waals surface area contributed by atoms with E-state index in [4.69, 9.17) is 9.47 Å². The Labute approximate surface area is 146 Å². The van der Waals surface area contributed by atoms with Gasteiger partial charge in [0.1, 0.15) is 13.2 Å². The van der Waals surface area contributed by atoms with E-state index in [1.165, 1.54) is 0 Å². The molecule has 1 aliphatic carbocycles. The van der Waals surface area contributed by atoms with Crippen LogP contribution in [0, 0.1) is 0 Å². The number of carbonyl (C=O) groups excluding carboxylic acids is 1. The Morgan fingerprint density at radius 3 is 2.96 bits per heavy atom. The predicted octanol–water partition coefficient (Wildman–Crippen LogP) is 1.50. The van der Waals surface area contributed by atoms with Gasteiger partial charge in [-0.1, -0.05) is 17.3 Å². The van der Waals surface area contributed by atoms with Crippen molar-refractivity contribution in [2.24, 2.45) is 0 Å². The van der Waals surface area contributed by atoms with Crippen LogP contribution in [-0.2, 0) is 24.2 Å². The zero-order chi connectivity index (χ0) is 17.3. The number of hydrogen-bond donors (Lipinski definition) is 1. The number of ether oxygens (including phenoxy) is 2. The molecule has 7 heteroatoms. The third-order valence-electron chi connectivity index (χ3n) is 4.69. The molecule has 1 aromatic heterocycles. The van der Waals surface area contributed by atoms with Gasteiger partial charge in [-0.3, -0.25) is 4.79 Å². The van der Waals surface area contributed by atoms with E-state index in [1.807, 2.05) is 31.2 Å². The summed E-state index contributed by atoms with van der Waals surface area (Å²) in [6.45, 7) is 2.89. The van der Waals surface area contributed by atoms with Crippen LogP contribution in [0.25, 0.3) is 0 Å². The van der Waals surface area contributed by atoms with Crippen LogP contribution < -0.4 is 14.8 Å². The lowest BCUT2D eigenvalue weighted by Crippen LogP contribution is -2.51.